The molecule has 0 saturated carbocycles. The molecule has 0 unspecified atom stereocenters. The predicted octanol–water partition coefficient (Wildman–Crippen LogP) is 4.83. The minimum absolute atomic E-state index is 0.104. The van der Waals surface area contributed by atoms with E-state index >= 15 is 0 Å². The van der Waals surface area contributed by atoms with Gasteiger partial charge < -0.3 is 21.4 Å². The highest BCUT2D eigenvalue weighted by molar-refractivity contribution is 6.46. The number of hydrogen-bond donors (Lipinski definition) is 4. The van der Waals surface area contributed by atoms with Gasteiger partial charge in [-0.15, -0.1) is 0 Å². The number of H-pyrrole nitrogens is 1. The number of hydrogen-bond acceptors (Lipinski definition) is 9. The van der Waals surface area contributed by atoms with Gasteiger partial charge in [-0.3, -0.25) is 19.7 Å². The van der Waals surface area contributed by atoms with Gasteiger partial charge in [-0.25, -0.2) is 4.63 Å². The van der Waals surface area contributed by atoms with Gasteiger partial charge in [0.25, 0.3) is 11.7 Å². The summed E-state index contributed by atoms with van der Waals surface area (Å²) >= 11 is 0. The standard InChI is InChI=1S/C28H27N7O5/c29-18-10-11-20-19(16-18)23(24(32-20)17-8-4-3-5-9-17)27(36)28(37)31-15-7-2-1-6-14-30-21-12-13-22(35(38)39)26-25(21)33-40-34-26/h3-5,8-13,16,30,32H,1-2,6-7,14-15,29H2,(H,31,37). The summed E-state index contributed by atoms with van der Waals surface area (Å²) < 4.78 is 4.67. The lowest BCUT2D eigenvalue weighted by molar-refractivity contribution is -0.383. The molecule has 0 radical (unpaired) electrons. The van der Waals surface area contributed by atoms with Crippen molar-refractivity contribution in [2.45, 2.75) is 25.7 Å². The van der Waals surface area contributed by atoms with Gasteiger partial charge in [0.1, 0.15) is 0 Å². The highest BCUT2D eigenvalue weighted by Gasteiger charge is 2.25. The fourth-order valence-corrected chi connectivity index (χ4v) is 4.63. The Hall–Kier alpha value is -5.26. The smallest absolute Gasteiger partial charge is 0.300 e. The number of nitrogens with two attached hydrogens (primary N) is 1. The average molecular weight is 542 g/mol. The molecule has 40 heavy (non-hydrogen) atoms. The Morgan fingerprint density at radius 1 is 0.950 bits per heavy atom. The number of nitro benzene ring substituents is 1. The molecule has 3 aromatic carbocycles. The monoisotopic (exact) mass is 541 g/mol. The Balaban J connectivity index is 1.11. The zero-order valence-corrected chi connectivity index (χ0v) is 21.5. The summed E-state index contributed by atoms with van der Waals surface area (Å²) in [5.41, 5.74) is 9.77. The van der Waals surface area contributed by atoms with Crippen LogP contribution in [0.15, 0.2) is 65.3 Å². The first kappa shape index (κ1) is 26.4. The van der Waals surface area contributed by atoms with Gasteiger partial charge in [-0.2, -0.15) is 0 Å². The molecule has 1 amide bonds. The Bertz CT molecular complexity index is 1690. The van der Waals surface area contributed by atoms with Gasteiger partial charge in [0.15, 0.2) is 5.52 Å². The number of Topliss-reactive ketones (excluding diaryl/α,β-unsaturated/α-hetero) is 1. The zero-order chi connectivity index (χ0) is 28.1. The number of carbonyl (C=O) groups is 2. The van der Waals surface area contributed by atoms with Gasteiger partial charge in [0.05, 0.1) is 21.9 Å². The van der Waals surface area contributed by atoms with Crippen LogP contribution in [0.25, 0.3) is 33.2 Å². The summed E-state index contributed by atoms with van der Waals surface area (Å²) in [6, 6.07) is 17.6. The van der Waals surface area contributed by atoms with Crippen LogP contribution in [0.4, 0.5) is 17.1 Å². The number of aromatic nitrogens is 3. The van der Waals surface area contributed by atoms with Gasteiger partial charge >= 0.3 is 5.69 Å². The molecule has 5 aromatic rings. The Labute approximate surface area is 228 Å². The Morgan fingerprint density at radius 2 is 1.70 bits per heavy atom. The van der Waals surface area contributed by atoms with Crippen LogP contribution in [0.1, 0.15) is 36.0 Å². The van der Waals surface area contributed by atoms with Crippen LogP contribution in [-0.2, 0) is 4.79 Å². The second-order valence-electron chi connectivity index (χ2n) is 9.32. The Morgan fingerprint density at radius 3 is 2.48 bits per heavy atom. The van der Waals surface area contributed by atoms with E-state index < -0.39 is 16.6 Å². The maximum atomic E-state index is 13.3. The first-order chi connectivity index (χ1) is 19.4. The molecule has 5 rings (SSSR count). The quantitative estimate of drug-likeness (QED) is 0.0429. The van der Waals surface area contributed by atoms with Crippen molar-refractivity contribution < 1.29 is 19.1 Å². The van der Waals surface area contributed by atoms with Crippen molar-refractivity contribution in [1.29, 1.82) is 0 Å². The van der Waals surface area contributed by atoms with E-state index in [0.717, 1.165) is 30.3 Å². The molecule has 0 fully saturated rings. The largest absolute Gasteiger partial charge is 0.399 e. The average Bonchev–Trinajstić information content (AvgIpc) is 3.59. The van der Waals surface area contributed by atoms with E-state index in [0.29, 0.717) is 53.0 Å². The molecule has 2 heterocycles. The van der Waals surface area contributed by atoms with E-state index in [9.17, 15) is 19.7 Å². The molecule has 12 nitrogen and oxygen atoms in total. The number of aromatic amines is 1. The summed E-state index contributed by atoms with van der Waals surface area (Å²) in [4.78, 5) is 39.9. The number of amides is 1. The fourth-order valence-electron chi connectivity index (χ4n) is 4.63. The molecule has 204 valence electrons. The van der Waals surface area contributed by atoms with E-state index in [4.69, 9.17) is 5.73 Å². The zero-order valence-electron chi connectivity index (χ0n) is 21.5. The first-order valence-corrected chi connectivity index (χ1v) is 12.9. The second kappa shape index (κ2) is 11.6. The van der Waals surface area contributed by atoms with E-state index in [-0.39, 0.29) is 11.2 Å². The molecule has 0 aliphatic heterocycles. The minimum Gasteiger partial charge on any atom is -0.399 e. The summed E-state index contributed by atoms with van der Waals surface area (Å²) in [5, 5.41) is 25.1. The normalized spacial score (nSPS) is 11.1. The number of anilines is 2. The lowest BCUT2D eigenvalue weighted by Gasteiger charge is -2.08. The molecule has 0 spiro atoms. The number of nitrogens with one attached hydrogen (secondary N) is 3. The number of nitrogens with zero attached hydrogens (tertiary/aromatic N) is 3. The summed E-state index contributed by atoms with van der Waals surface area (Å²) in [5.74, 6) is -1.28. The molecular formula is C28H27N7O5. The summed E-state index contributed by atoms with van der Waals surface area (Å²) in [7, 11) is 0. The van der Waals surface area contributed by atoms with Crippen LogP contribution in [-0.4, -0.2) is 45.0 Å². The van der Waals surface area contributed by atoms with Crippen molar-refractivity contribution in [1.82, 2.24) is 20.6 Å². The fraction of sp³-hybridized carbons (Fsp3) is 0.214. The lowest BCUT2D eigenvalue weighted by atomic mass is 10.0. The summed E-state index contributed by atoms with van der Waals surface area (Å²) in [6.45, 7) is 0.993. The SMILES string of the molecule is Nc1ccc2[nH]c(-c3ccccc3)c(C(=O)C(=O)NCCCCCCNc3ccc([N+](=O)[O-])c4nonc34)c2c1. The predicted molar refractivity (Wildman–Crippen MR) is 151 cm³/mol. The van der Waals surface area contributed by atoms with E-state index in [2.05, 4.69) is 30.6 Å². The number of benzene rings is 3. The van der Waals surface area contributed by atoms with E-state index in [1.165, 1.54) is 6.07 Å². The number of nitrogen functional groups attached to an aromatic ring is 1. The van der Waals surface area contributed by atoms with Gasteiger partial charge in [0.2, 0.25) is 5.52 Å². The van der Waals surface area contributed by atoms with Crippen LogP contribution in [0.5, 0.6) is 0 Å². The third-order valence-corrected chi connectivity index (χ3v) is 6.61. The van der Waals surface area contributed by atoms with Crippen molar-refractivity contribution in [3.05, 3.63) is 76.3 Å². The third kappa shape index (κ3) is 5.46. The maximum Gasteiger partial charge on any atom is 0.300 e. The number of rotatable bonds is 12. The van der Waals surface area contributed by atoms with Crippen LogP contribution in [0, 0.1) is 10.1 Å². The minimum atomic E-state index is -0.661. The van der Waals surface area contributed by atoms with Crippen LogP contribution in [0.3, 0.4) is 0 Å². The molecule has 0 aliphatic rings. The topological polar surface area (TPSA) is 182 Å². The van der Waals surface area contributed by atoms with E-state index in [1.807, 2.05) is 30.3 Å². The van der Waals surface area contributed by atoms with Crippen LogP contribution < -0.4 is 16.4 Å². The molecule has 0 atom stereocenters. The van der Waals surface area contributed by atoms with Crippen LogP contribution in [0.2, 0.25) is 0 Å². The maximum absolute atomic E-state index is 13.3. The number of carbonyl (C=O) groups excluding carboxylic acids is 2. The van der Waals surface area contributed by atoms with Crippen molar-refractivity contribution in [2.24, 2.45) is 0 Å². The molecule has 2 aromatic heterocycles. The number of unbranched alkanes of at least 4 members (excludes halogenated alkanes) is 3. The molecule has 12 heteroatoms. The first-order valence-electron chi connectivity index (χ1n) is 12.9. The van der Waals surface area contributed by atoms with Crippen LogP contribution >= 0.6 is 0 Å². The molecular weight excluding hydrogens is 514 g/mol. The third-order valence-electron chi connectivity index (χ3n) is 6.61. The highest BCUT2D eigenvalue weighted by Crippen LogP contribution is 2.32. The molecule has 0 aliphatic carbocycles. The number of nitro groups is 1. The molecule has 0 bridgehead atoms. The van der Waals surface area contributed by atoms with Gasteiger partial charge in [-0.1, -0.05) is 43.2 Å². The summed E-state index contributed by atoms with van der Waals surface area (Å²) in [6.07, 6.45) is 3.26. The Kier molecular flexibility index (Phi) is 7.67. The van der Waals surface area contributed by atoms with Gasteiger partial charge in [0, 0.05) is 35.7 Å². The second-order valence-corrected chi connectivity index (χ2v) is 9.32. The number of non-ortho nitro benzene ring substituents is 1. The number of ketones is 1. The van der Waals surface area contributed by atoms with E-state index in [1.54, 1.807) is 24.3 Å². The van der Waals surface area contributed by atoms with Crippen molar-refractivity contribution in [2.75, 3.05) is 24.1 Å². The van der Waals surface area contributed by atoms with Gasteiger partial charge in [-0.05, 0) is 53.0 Å². The number of fused-ring (bicyclic) bond motifs is 2. The lowest BCUT2D eigenvalue weighted by Crippen LogP contribution is -2.32. The van der Waals surface area contributed by atoms with Crippen molar-refractivity contribution >= 4 is 50.7 Å². The molecule has 5 N–H and O–H groups in total. The highest BCUT2D eigenvalue weighted by atomic mass is 16.6. The van der Waals surface area contributed by atoms with Crippen molar-refractivity contribution in [3.8, 4) is 11.3 Å². The molecule has 0 saturated heterocycles. The van der Waals surface area contributed by atoms with Crippen molar-refractivity contribution in [3.63, 3.8) is 0 Å².